The standard InChI is InChI=1S/C25H27FN4O3/c1-27-24(31)20-15-28-30(16-20)22-5-3-12-29(13-11-22)25(32)19-4-2-6-23(14-19)33-17-18-7-9-21(26)10-8-18/h2,4,6-10,14-16,22H,3,5,11-13,17H2,1H3,(H,27,31)/t22-/m1/s1. The summed E-state index contributed by atoms with van der Waals surface area (Å²) in [5.41, 5.74) is 1.96. The molecule has 1 aliphatic heterocycles. The molecule has 1 fully saturated rings. The fourth-order valence-electron chi connectivity index (χ4n) is 3.99. The number of carbonyl (C=O) groups is 2. The van der Waals surface area contributed by atoms with Gasteiger partial charge in [-0.3, -0.25) is 14.3 Å². The highest BCUT2D eigenvalue weighted by molar-refractivity contribution is 5.94. The lowest BCUT2D eigenvalue weighted by Crippen LogP contribution is -2.32. The van der Waals surface area contributed by atoms with Gasteiger partial charge in [-0.1, -0.05) is 18.2 Å². The molecule has 2 heterocycles. The largest absolute Gasteiger partial charge is 0.489 e. The zero-order valence-electron chi connectivity index (χ0n) is 18.5. The number of nitrogens with zero attached hydrogens (tertiary/aromatic N) is 3. The SMILES string of the molecule is CNC(=O)c1cnn([C@@H]2CCCN(C(=O)c3cccc(OCc4ccc(F)cc4)c3)CC2)c1. The van der Waals surface area contributed by atoms with Crippen LogP contribution < -0.4 is 10.1 Å². The molecular weight excluding hydrogens is 423 g/mol. The predicted molar refractivity (Wildman–Crippen MR) is 122 cm³/mol. The monoisotopic (exact) mass is 450 g/mol. The fourth-order valence-corrected chi connectivity index (χ4v) is 3.99. The molecule has 1 saturated heterocycles. The lowest BCUT2D eigenvalue weighted by Gasteiger charge is -2.21. The Labute approximate surface area is 192 Å². The number of carbonyl (C=O) groups excluding carboxylic acids is 2. The van der Waals surface area contributed by atoms with Crippen molar-refractivity contribution in [1.82, 2.24) is 20.0 Å². The highest BCUT2D eigenvalue weighted by Gasteiger charge is 2.23. The third-order valence-electron chi connectivity index (χ3n) is 5.85. The molecule has 0 aliphatic carbocycles. The number of hydrogen-bond acceptors (Lipinski definition) is 4. The van der Waals surface area contributed by atoms with Gasteiger partial charge >= 0.3 is 0 Å². The maximum Gasteiger partial charge on any atom is 0.254 e. The van der Waals surface area contributed by atoms with E-state index < -0.39 is 0 Å². The van der Waals surface area contributed by atoms with Crippen LogP contribution in [0.3, 0.4) is 0 Å². The first-order valence-electron chi connectivity index (χ1n) is 11.1. The molecule has 1 N–H and O–H groups in total. The Morgan fingerprint density at radius 2 is 1.94 bits per heavy atom. The summed E-state index contributed by atoms with van der Waals surface area (Å²) in [5, 5.41) is 6.96. The molecule has 3 aromatic rings. The van der Waals surface area contributed by atoms with Gasteiger partial charge in [-0.15, -0.1) is 0 Å². The van der Waals surface area contributed by atoms with Crippen molar-refractivity contribution in [2.75, 3.05) is 20.1 Å². The van der Waals surface area contributed by atoms with Crippen molar-refractivity contribution in [2.45, 2.75) is 31.9 Å². The van der Waals surface area contributed by atoms with Crippen LogP contribution in [0.15, 0.2) is 60.9 Å². The number of aromatic nitrogens is 2. The van der Waals surface area contributed by atoms with Gasteiger partial charge in [-0.05, 0) is 55.2 Å². The molecule has 0 spiro atoms. The summed E-state index contributed by atoms with van der Waals surface area (Å²) in [6, 6.07) is 13.4. The minimum Gasteiger partial charge on any atom is -0.489 e. The van der Waals surface area contributed by atoms with E-state index in [2.05, 4.69) is 10.4 Å². The first-order chi connectivity index (χ1) is 16.0. The molecule has 172 valence electrons. The number of ether oxygens (including phenoxy) is 1. The lowest BCUT2D eigenvalue weighted by atomic mass is 10.1. The van der Waals surface area contributed by atoms with E-state index in [1.54, 1.807) is 55.8 Å². The van der Waals surface area contributed by atoms with Crippen LogP contribution in [-0.2, 0) is 6.61 Å². The summed E-state index contributed by atoms with van der Waals surface area (Å²) in [4.78, 5) is 26.8. The second-order valence-corrected chi connectivity index (χ2v) is 8.11. The van der Waals surface area contributed by atoms with Gasteiger partial charge in [0.15, 0.2) is 0 Å². The summed E-state index contributed by atoms with van der Waals surface area (Å²) in [6.07, 6.45) is 5.85. The Bertz CT molecular complexity index is 1110. The highest BCUT2D eigenvalue weighted by atomic mass is 19.1. The Morgan fingerprint density at radius 1 is 1.12 bits per heavy atom. The molecule has 2 aromatic carbocycles. The van der Waals surface area contributed by atoms with Gasteiger partial charge in [0.05, 0.1) is 17.8 Å². The number of hydrogen-bond donors (Lipinski definition) is 1. The van der Waals surface area contributed by atoms with Crippen LogP contribution in [0.5, 0.6) is 5.75 Å². The average Bonchev–Trinajstić information content (AvgIpc) is 3.21. The van der Waals surface area contributed by atoms with Crippen molar-refractivity contribution >= 4 is 11.8 Å². The van der Waals surface area contributed by atoms with Gasteiger partial charge in [0.25, 0.3) is 11.8 Å². The van der Waals surface area contributed by atoms with E-state index in [4.69, 9.17) is 4.74 Å². The summed E-state index contributed by atoms with van der Waals surface area (Å²) < 4.78 is 20.7. The quantitative estimate of drug-likeness (QED) is 0.619. The Balaban J connectivity index is 1.37. The molecule has 1 aliphatic rings. The summed E-state index contributed by atoms with van der Waals surface area (Å²) in [5.74, 6) is 0.115. The Kier molecular flexibility index (Phi) is 7.02. The second kappa shape index (κ2) is 10.3. The fraction of sp³-hybridized carbons (Fsp3) is 0.320. The second-order valence-electron chi connectivity index (χ2n) is 8.11. The van der Waals surface area contributed by atoms with E-state index in [1.165, 1.54) is 12.1 Å². The van der Waals surface area contributed by atoms with Crippen LogP contribution >= 0.6 is 0 Å². The molecule has 0 unspecified atom stereocenters. The van der Waals surface area contributed by atoms with Crippen LogP contribution in [0.4, 0.5) is 4.39 Å². The van der Waals surface area contributed by atoms with E-state index in [0.717, 1.165) is 24.8 Å². The topological polar surface area (TPSA) is 76.5 Å². The molecule has 0 saturated carbocycles. The molecule has 4 rings (SSSR count). The molecule has 33 heavy (non-hydrogen) atoms. The third kappa shape index (κ3) is 5.58. The Hall–Kier alpha value is -3.68. The number of nitrogens with one attached hydrogen (secondary N) is 1. The average molecular weight is 451 g/mol. The van der Waals surface area contributed by atoms with Crippen LogP contribution in [0.2, 0.25) is 0 Å². The van der Waals surface area contributed by atoms with Gasteiger partial charge < -0.3 is 15.0 Å². The molecule has 1 aromatic heterocycles. The van der Waals surface area contributed by atoms with Crippen molar-refractivity contribution in [3.05, 3.63) is 83.4 Å². The summed E-state index contributed by atoms with van der Waals surface area (Å²) in [7, 11) is 1.59. The normalized spacial score (nSPS) is 16.2. The number of halogens is 1. The summed E-state index contributed by atoms with van der Waals surface area (Å²) >= 11 is 0. The third-order valence-corrected chi connectivity index (χ3v) is 5.85. The van der Waals surface area contributed by atoms with Gasteiger partial charge in [-0.2, -0.15) is 5.10 Å². The van der Waals surface area contributed by atoms with E-state index in [9.17, 15) is 14.0 Å². The van der Waals surface area contributed by atoms with Crippen molar-refractivity contribution in [3.8, 4) is 5.75 Å². The van der Waals surface area contributed by atoms with Gasteiger partial charge in [0.1, 0.15) is 18.2 Å². The van der Waals surface area contributed by atoms with Crippen LogP contribution in [-0.4, -0.2) is 46.6 Å². The molecule has 1 atom stereocenters. The predicted octanol–water partition coefficient (Wildman–Crippen LogP) is 3.83. The minimum absolute atomic E-state index is 0.0330. The Morgan fingerprint density at radius 3 is 2.73 bits per heavy atom. The van der Waals surface area contributed by atoms with E-state index in [0.29, 0.717) is 36.6 Å². The number of rotatable bonds is 6. The van der Waals surface area contributed by atoms with Gasteiger partial charge in [0.2, 0.25) is 0 Å². The molecule has 0 radical (unpaired) electrons. The van der Waals surface area contributed by atoms with Gasteiger partial charge in [0, 0.05) is 31.9 Å². The minimum atomic E-state index is -0.287. The zero-order chi connectivity index (χ0) is 23.2. The number of amides is 2. The lowest BCUT2D eigenvalue weighted by molar-refractivity contribution is 0.0759. The molecule has 2 amide bonds. The van der Waals surface area contributed by atoms with Crippen LogP contribution in [0, 0.1) is 5.82 Å². The van der Waals surface area contributed by atoms with Crippen molar-refractivity contribution in [2.24, 2.45) is 0 Å². The number of benzene rings is 2. The van der Waals surface area contributed by atoms with Crippen LogP contribution in [0.1, 0.15) is 51.6 Å². The van der Waals surface area contributed by atoms with Gasteiger partial charge in [-0.25, -0.2) is 4.39 Å². The van der Waals surface area contributed by atoms with E-state index >= 15 is 0 Å². The maximum atomic E-state index is 13.1. The first kappa shape index (κ1) is 22.5. The van der Waals surface area contributed by atoms with Crippen molar-refractivity contribution < 1.29 is 18.7 Å². The van der Waals surface area contributed by atoms with Crippen molar-refractivity contribution in [3.63, 3.8) is 0 Å². The van der Waals surface area contributed by atoms with E-state index in [1.807, 2.05) is 9.58 Å². The number of likely N-dealkylation sites (tertiary alicyclic amines) is 1. The zero-order valence-corrected chi connectivity index (χ0v) is 18.5. The maximum absolute atomic E-state index is 13.1. The molecular formula is C25H27FN4O3. The molecule has 7 nitrogen and oxygen atoms in total. The molecule has 8 heteroatoms. The smallest absolute Gasteiger partial charge is 0.254 e. The summed E-state index contributed by atoms with van der Waals surface area (Å²) in [6.45, 7) is 1.57. The van der Waals surface area contributed by atoms with Crippen molar-refractivity contribution in [1.29, 1.82) is 0 Å². The van der Waals surface area contributed by atoms with Crippen LogP contribution in [0.25, 0.3) is 0 Å². The highest BCUT2D eigenvalue weighted by Crippen LogP contribution is 2.24. The molecule has 0 bridgehead atoms. The van der Waals surface area contributed by atoms with E-state index in [-0.39, 0.29) is 23.7 Å². The first-order valence-corrected chi connectivity index (χ1v) is 11.1.